The summed E-state index contributed by atoms with van der Waals surface area (Å²) in [5.74, 6) is 1.99. The maximum atomic E-state index is 5.47. The molecule has 0 unspecified atom stereocenters. The standard InChI is InChI=1S/C21H27N5O.HI/c1-22-21(26-10-8-17-5-2-3-6-19(17)16-26)24-15-18-7-4-9-23-20(18)25-11-13-27-14-12-25;/h2-7,9H,8,10-16H2,1H3,(H,22,24);1H. The Morgan fingerprint density at radius 3 is 2.68 bits per heavy atom. The molecule has 6 nitrogen and oxygen atoms in total. The van der Waals surface area contributed by atoms with Crippen molar-refractivity contribution in [2.45, 2.75) is 19.5 Å². The molecular formula is C21H28IN5O. The van der Waals surface area contributed by atoms with Crippen molar-refractivity contribution in [1.82, 2.24) is 15.2 Å². The molecule has 1 aromatic carbocycles. The number of halogens is 1. The van der Waals surface area contributed by atoms with E-state index in [4.69, 9.17) is 4.74 Å². The van der Waals surface area contributed by atoms with Crippen LogP contribution in [0.5, 0.6) is 0 Å². The van der Waals surface area contributed by atoms with E-state index in [9.17, 15) is 0 Å². The Morgan fingerprint density at radius 1 is 1.11 bits per heavy atom. The van der Waals surface area contributed by atoms with E-state index >= 15 is 0 Å². The fourth-order valence-electron chi connectivity index (χ4n) is 3.81. The van der Waals surface area contributed by atoms with Crippen molar-refractivity contribution in [2.75, 3.05) is 44.8 Å². The van der Waals surface area contributed by atoms with Gasteiger partial charge in [0.15, 0.2) is 5.96 Å². The molecule has 2 aliphatic rings. The van der Waals surface area contributed by atoms with Crippen LogP contribution in [0.1, 0.15) is 16.7 Å². The Labute approximate surface area is 184 Å². The van der Waals surface area contributed by atoms with E-state index in [1.807, 2.05) is 19.3 Å². The average molecular weight is 493 g/mol. The second kappa shape index (κ2) is 10.1. The van der Waals surface area contributed by atoms with Crippen LogP contribution in [0.3, 0.4) is 0 Å². The molecule has 0 atom stereocenters. The Bertz CT molecular complexity index is 807. The number of nitrogens with zero attached hydrogens (tertiary/aromatic N) is 4. The number of ether oxygens (including phenoxy) is 1. The van der Waals surface area contributed by atoms with Gasteiger partial charge in [0.05, 0.1) is 13.2 Å². The van der Waals surface area contributed by atoms with Gasteiger partial charge in [-0.05, 0) is 23.6 Å². The Balaban J connectivity index is 0.00000225. The lowest BCUT2D eigenvalue weighted by atomic mass is 10.0. The van der Waals surface area contributed by atoms with E-state index in [1.54, 1.807) is 0 Å². The van der Waals surface area contributed by atoms with E-state index in [-0.39, 0.29) is 24.0 Å². The highest BCUT2D eigenvalue weighted by atomic mass is 127. The molecule has 0 aliphatic carbocycles. The van der Waals surface area contributed by atoms with Crippen LogP contribution in [-0.4, -0.2) is 55.7 Å². The molecular weight excluding hydrogens is 465 g/mol. The van der Waals surface area contributed by atoms with Gasteiger partial charge in [0.1, 0.15) is 5.82 Å². The van der Waals surface area contributed by atoms with Crippen molar-refractivity contribution < 1.29 is 4.74 Å². The minimum absolute atomic E-state index is 0. The fraction of sp³-hybridized carbons (Fsp3) is 0.429. The largest absolute Gasteiger partial charge is 0.378 e. The molecule has 0 amide bonds. The maximum absolute atomic E-state index is 5.47. The zero-order valence-electron chi connectivity index (χ0n) is 16.3. The molecule has 1 aromatic heterocycles. The van der Waals surface area contributed by atoms with E-state index in [0.29, 0.717) is 6.54 Å². The minimum atomic E-state index is 0. The summed E-state index contributed by atoms with van der Waals surface area (Å²) in [6, 6.07) is 12.8. The summed E-state index contributed by atoms with van der Waals surface area (Å²) < 4.78 is 5.47. The molecule has 3 heterocycles. The smallest absolute Gasteiger partial charge is 0.194 e. The molecule has 28 heavy (non-hydrogen) atoms. The van der Waals surface area contributed by atoms with Crippen LogP contribution < -0.4 is 10.2 Å². The van der Waals surface area contributed by atoms with Crippen LogP contribution in [0.2, 0.25) is 0 Å². The number of hydrogen-bond acceptors (Lipinski definition) is 4. The molecule has 1 fully saturated rings. The van der Waals surface area contributed by atoms with Gasteiger partial charge in [-0.3, -0.25) is 4.99 Å². The van der Waals surface area contributed by atoms with Gasteiger partial charge in [0.25, 0.3) is 0 Å². The molecule has 150 valence electrons. The normalized spacial score (nSPS) is 17.0. The van der Waals surface area contributed by atoms with Gasteiger partial charge >= 0.3 is 0 Å². The van der Waals surface area contributed by atoms with E-state index in [2.05, 4.69) is 55.4 Å². The van der Waals surface area contributed by atoms with Crippen LogP contribution in [0.4, 0.5) is 5.82 Å². The molecule has 0 saturated carbocycles. The summed E-state index contributed by atoms with van der Waals surface area (Å²) >= 11 is 0. The third-order valence-corrected chi connectivity index (χ3v) is 5.26. The number of anilines is 1. The van der Waals surface area contributed by atoms with Crippen molar-refractivity contribution in [2.24, 2.45) is 4.99 Å². The van der Waals surface area contributed by atoms with Crippen molar-refractivity contribution in [3.8, 4) is 0 Å². The van der Waals surface area contributed by atoms with Gasteiger partial charge in [-0.1, -0.05) is 30.3 Å². The second-order valence-electron chi connectivity index (χ2n) is 6.93. The first kappa shape index (κ1) is 20.9. The number of aromatic nitrogens is 1. The molecule has 0 spiro atoms. The second-order valence-corrected chi connectivity index (χ2v) is 6.93. The predicted octanol–water partition coefficient (Wildman–Crippen LogP) is 2.67. The number of fused-ring (bicyclic) bond motifs is 1. The number of benzene rings is 1. The molecule has 7 heteroatoms. The number of guanidine groups is 1. The first-order chi connectivity index (χ1) is 13.3. The fourth-order valence-corrected chi connectivity index (χ4v) is 3.81. The zero-order chi connectivity index (χ0) is 18.5. The molecule has 1 saturated heterocycles. The first-order valence-electron chi connectivity index (χ1n) is 9.64. The summed E-state index contributed by atoms with van der Waals surface area (Å²) in [4.78, 5) is 13.8. The van der Waals surface area contributed by atoms with Crippen LogP contribution in [0.15, 0.2) is 47.6 Å². The predicted molar refractivity (Wildman–Crippen MR) is 123 cm³/mol. The van der Waals surface area contributed by atoms with E-state index < -0.39 is 0 Å². The maximum Gasteiger partial charge on any atom is 0.194 e. The number of nitrogens with one attached hydrogen (secondary N) is 1. The average Bonchev–Trinajstić information content (AvgIpc) is 2.75. The lowest BCUT2D eigenvalue weighted by Crippen LogP contribution is -2.44. The summed E-state index contributed by atoms with van der Waals surface area (Å²) in [5.41, 5.74) is 4.03. The van der Waals surface area contributed by atoms with Crippen LogP contribution in [0.25, 0.3) is 0 Å². The molecule has 0 radical (unpaired) electrons. The van der Waals surface area contributed by atoms with Gasteiger partial charge in [-0.2, -0.15) is 0 Å². The molecule has 1 N–H and O–H groups in total. The van der Waals surface area contributed by atoms with Crippen molar-refractivity contribution >= 4 is 35.8 Å². The summed E-state index contributed by atoms with van der Waals surface area (Å²) in [6.45, 7) is 5.91. The van der Waals surface area contributed by atoms with Crippen LogP contribution in [-0.2, 0) is 24.2 Å². The third-order valence-electron chi connectivity index (χ3n) is 5.26. The number of pyridine rings is 1. The number of hydrogen-bond donors (Lipinski definition) is 1. The van der Waals surface area contributed by atoms with Gasteiger partial charge in [-0.25, -0.2) is 4.98 Å². The molecule has 2 aromatic rings. The van der Waals surface area contributed by atoms with Crippen molar-refractivity contribution in [1.29, 1.82) is 0 Å². The monoisotopic (exact) mass is 493 g/mol. The first-order valence-corrected chi connectivity index (χ1v) is 9.64. The SMILES string of the molecule is CN=C(NCc1cccnc1N1CCOCC1)N1CCc2ccccc2C1.I. The van der Waals surface area contributed by atoms with Crippen molar-refractivity contribution in [3.63, 3.8) is 0 Å². The highest BCUT2D eigenvalue weighted by Crippen LogP contribution is 2.20. The molecule has 0 bridgehead atoms. The van der Waals surface area contributed by atoms with Gasteiger partial charge < -0.3 is 19.9 Å². The quantitative estimate of drug-likeness (QED) is 0.405. The minimum Gasteiger partial charge on any atom is -0.378 e. The van der Waals surface area contributed by atoms with E-state index in [0.717, 1.165) is 57.6 Å². The van der Waals surface area contributed by atoms with Crippen molar-refractivity contribution in [3.05, 3.63) is 59.3 Å². The highest BCUT2D eigenvalue weighted by Gasteiger charge is 2.20. The van der Waals surface area contributed by atoms with Gasteiger partial charge in [0.2, 0.25) is 0 Å². The van der Waals surface area contributed by atoms with Gasteiger partial charge in [0, 0.05) is 51.5 Å². The lowest BCUT2D eigenvalue weighted by molar-refractivity contribution is 0.122. The molecule has 4 rings (SSSR count). The topological polar surface area (TPSA) is 53.0 Å². The Morgan fingerprint density at radius 2 is 1.89 bits per heavy atom. The summed E-state index contributed by atoms with van der Waals surface area (Å²) in [5, 5.41) is 3.54. The Kier molecular flexibility index (Phi) is 7.50. The third kappa shape index (κ3) is 4.75. The van der Waals surface area contributed by atoms with Gasteiger partial charge in [-0.15, -0.1) is 24.0 Å². The number of aliphatic imine (C=N–C) groups is 1. The summed E-state index contributed by atoms with van der Waals surface area (Å²) in [7, 11) is 1.86. The van der Waals surface area contributed by atoms with Crippen LogP contribution >= 0.6 is 24.0 Å². The Hall–Kier alpha value is -1.87. The van der Waals surface area contributed by atoms with E-state index in [1.165, 1.54) is 16.7 Å². The highest BCUT2D eigenvalue weighted by molar-refractivity contribution is 14.0. The summed E-state index contributed by atoms with van der Waals surface area (Å²) in [6.07, 6.45) is 2.92. The van der Waals surface area contributed by atoms with Crippen LogP contribution in [0, 0.1) is 0 Å². The lowest BCUT2D eigenvalue weighted by Gasteiger charge is -2.32. The number of morpholine rings is 1. The number of rotatable bonds is 3. The molecule has 2 aliphatic heterocycles. The zero-order valence-corrected chi connectivity index (χ0v) is 18.6.